The highest BCUT2D eigenvalue weighted by Gasteiger charge is 2.15. The van der Waals surface area contributed by atoms with E-state index in [1.54, 1.807) is 7.11 Å². The van der Waals surface area contributed by atoms with Crippen LogP contribution in [-0.2, 0) is 6.42 Å². The van der Waals surface area contributed by atoms with E-state index in [2.05, 4.69) is 35.0 Å². The quantitative estimate of drug-likeness (QED) is 0.684. The smallest absolute Gasteiger partial charge is 0.119 e. The highest BCUT2D eigenvalue weighted by molar-refractivity contribution is 9.10. The van der Waals surface area contributed by atoms with Gasteiger partial charge in [-0.2, -0.15) is 0 Å². The van der Waals surface area contributed by atoms with E-state index in [0.29, 0.717) is 6.42 Å². The first-order valence-corrected chi connectivity index (χ1v) is 8.38. The summed E-state index contributed by atoms with van der Waals surface area (Å²) in [6, 6.07) is 18.1. The molecule has 0 saturated heterocycles. The van der Waals surface area contributed by atoms with Gasteiger partial charge in [-0.1, -0.05) is 36.4 Å². The van der Waals surface area contributed by atoms with E-state index in [0.717, 1.165) is 26.6 Å². The Morgan fingerprint density at radius 1 is 1.09 bits per heavy atom. The Hall–Kier alpha value is -1.84. The zero-order valence-electron chi connectivity index (χ0n) is 13.2. The standard InChI is InChI=1S/C20H19BrO2/c1-13-5-3-4-6-14(13)12-19(22)18-9-7-15-11-16(23-2)8-10-17(15)20(18)21/h3-11,19,22H,12H2,1-2H3. The minimum atomic E-state index is -0.544. The lowest BCUT2D eigenvalue weighted by atomic mass is 9.96. The zero-order valence-corrected chi connectivity index (χ0v) is 14.8. The van der Waals surface area contributed by atoms with E-state index >= 15 is 0 Å². The summed E-state index contributed by atoms with van der Waals surface area (Å²) in [5.74, 6) is 0.831. The van der Waals surface area contributed by atoms with Gasteiger partial charge in [0.2, 0.25) is 0 Å². The molecule has 0 aliphatic heterocycles. The molecule has 0 radical (unpaired) electrons. The van der Waals surface area contributed by atoms with E-state index in [4.69, 9.17) is 4.74 Å². The number of aryl methyl sites for hydroxylation is 1. The summed E-state index contributed by atoms with van der Waals surface area (Å²) in [6.07, 6.45) is 0.0596. The van der Waals surface area contributed by atoms with Crippen molar-refractivity contribution in [1.82, 2.24) is 0 Å². The number of benzene rings is 3. The first-order valence-electron chi connectivity index (χ1n) is 7.59. The van der Waals surface area contributed by atoms with Gasteiger partial charge in [0, 0.05) is 10.9 Å². The van der Waals surface area contributed by atoms with E-state index in [9.17, 15) is 5.11 Å². The maximum Gasteiger partial charge on any atom is 0.119 e. The molecule has 0 amide bonds. The summed E-state index contributed by atoms with van der Waals surface area (Å²) < 4.78 is 6.21. The molecule has 2 nitrogen and oxygen atoms in total. The van der Waals surface area contributed by atoms with Crippen LogP contribution in [0.3, 0.4) is 0 Å². The summed E-state index contributed by atoms with van der Waals surface area (Å²) in [5.41, 5.74) is 3.28. The fourth-order valence-electron chi connectivity index (χ4n) is 2.83. The molecule has 0 fully saturated rings. The summed E-state index contributed by atoms with van der Waals surface area (Å²) in [5, 5.41) is 12.8. The van der Waals surface area contributed by atoms with Gasteiger partial charge in [-0.15, -0.1) is 0 Å². The average Bonchev–Trinajstić information content (AvgIpc) is 2.56. The van der Waals surface area contributed by atoms with Crippen molar-refractivity contribution in [3.8, 4) is 5.75 Å². The maximum atomic E-state index is 10.7. The van der Waals surface area contributed by atoms with Gasteiger partial charge in [-0.25, -0.2) is 0 Å². The molecule has 3 aromatic rings. The molecule has 1 N–H and O–H groups in total. The van der Waals surface area contributed by atoms with Gasteiger partial charge in [0.05, 0.1) is 13.2 Å². The lowest BCUT2D eigenvalue weighted by Gasteiger charge is -2.16. The predicted molar refractivity (Wildman–Crippen MR) is 98.0 cm³/mol. The summed E-state index contributed by atoms with van der Waals surface area (Å²) in [4.78, 5) is 0. The summed E-state index contributed by atoms with van der Waals surface area (Å²) >= 11 is 3.66. The number of methoxy groups -OCH3 is 1. The molecule has 3 rings (SSSR count). The minimum Gasteiger partial charge on any atom is -0.497 e. The van der Waals surface area contributed by atoms with Crippen LogP contribution < -0.4 is 4.74 Å². The molecular formula is C20H19BrO2. The van der Waals surface area contributed by atoms with Crippen molar-refractivity contribution in [3.05, 3.63) is 75.8 Å². The molecule has 23 heavy (non-hydrogen) atoms. The molecule has 3 heteroatoms. The van der Waals surface area contributed by atoms with Crippen LogP contribution in [0.4, 0.5) is 0 Å². The zero-order chi connectivity index (χ0) is 16.4. The van der Waals surface area contributed by atoms with Gasteiger partial charge in [0.15, 0.2) is 0 Å². The first-order chi connectivity index (χ1) is 11.1. The van der Waals surface area contributed by atoms with Crippen molar-refractivity contribution < 1.29 is 9.84 Å². The van der Waals surface area contributed by atoms with Gasteiger partial charge in [-0.05, 0) is 68.5 Å². The molecule has 0 heterocycles. The topological polar surface area (TPSA) is 29.5 Å². The van der Waals surface area contributed by atoms with Crippen LogP contribution in [0.1, 0.15) is 22.8 Å². The van der Waals surface area contributed by atoms with E-state index < -0.39 is 6.10 Å². The second-order valence-electron chi connectivity index (χ2n) is 5.70. The monoisotopic (exact) mass is 370 g/mol. The fraction of sp³-hybridized carbons (Fsp3) is 0.200. The van der Waals surface area contributed by atoms with Gasteiger partial charge < -0.3 is 9.84 Å². The molecule has 1 atom stereocenters. The number of hydrogen-bond acceptors (Lipinski definition) is 2. The number of halogens is 1. The number of aliphatic hydroxyl groups is 1. The predicted octanol–water partition coefficient (Wildman–Crippen LogP) is 5.20. The fourth-order valence-corrected chi connectivity index (χ4v) is 3.59. The Morgan fingerprint density at radius 2 is 1.87 bits per heavy atom. The number of aliphatic hydroxyl groups excluding tert-OH is 1. The third kappa shape index (κ3) is 3.26. The molecule has 3 aromatic carbocycles. The highest BCUT2D eigenvalue weighted by atomic mass is 79.9. The SMILES string of the molecule is COc1ccc2c(Br)c(C(O)Cc3ccccc3C)ccc2c1. The Morgan fingerprint density at radius 3 is 2.61 bits per heavy atom. The van der Waals surface area contributed by atoms with Crippen LogP contribution in [0.15, 0.2) is 59.1 Å². The lowest BCUT2D eigenvalue weighted by Crippen LogP contribution is -2.04. The van der Waals surface area contributed by atoms with E-state index in [-0.39, 0.29) is 0 Å². The number of ether oxygens (including phenoxy) is 1. The van der Waals surface area contributed by atoms with E-state index in [1.807, 2.05) is 42.5 Å². The van der Waals surface area contributed by atoms with Crippen LogP contribution >= 0.6 is 15.9 Å². The summed E-state index contributed by atoms with van der Waals surface area (Å²) in [6.45, 7) is 2.07. The molecule has 0 aliphatic rings. The molecular weight excluding hydrogens is 352 g/mol. The Kier molecular flexibility index (Phi) is 4.69. The van der Waals surface area contributed by atoms with Crippen molar-refractivity contribution in [1.29, 1.82) is 0 Å². The van der Waals surface area contributed by atoms with Crippen LogP contribution in [0.5, 0.6) is 5.75 Å². The van der Waals surface area contributed by atoms with Gasteiger partial charge in [0.25, 0.3) is 0 Å². The van der Waals surface area contributed by atoms with Crippen molar-refractivity contribution in [2.75, 3.05) is 7.11 Å². The molecule has 0 aromatic heterocycles. The van der Waals surface area contributed by atoms with Crippen molar-refractivity contribution in [3.63, 3.8) is 0 Å². The molecule has 0 aliphatic carbocycles. The van der Waals surface area contributed by atoms with Gasteiger partial charge in [0.1, 0.15) is 5.75 Å². The average molecular weight is 371 g/mol. The molecule has 0 spiro atoms. The first kappa shape index (κ1) is 16.0. The number of hydrogen-bond donors (Lipinski definition) is 1. The van der Waals surface area contributed by atoms with Crippen LogP contribution in [0, 0.1) is 6.92 Å². The molecule has 0 saturated carbocycles. The second-order valence-corrected chi connectivity index (χ2v) is 6.50. The van der Waals surface area contributed by atoms with Crippen molar-refractivity contribution in [2.24, 2.45) is 0 Å². The maximum absolute atomic E-state index is 10.7. The summed E-state index contributed by atoms with van der Waals surface area (Å²) in [7, 11) is 1.66. The normalized spacial score (nSPS) is 12.3. The van der Waals surface area contributed by atoms with Crippen LogP contribution in [-0.4, -0.2) is 12.2 Å². The Labute approximate surface area is 144 Å². The molecule has 118 valence electrons. The molecule has 0 bridgehead atoms. The minimum absolute atomic E-state index is 0.544. The van der Waals surface area contributed by atoms with Gasteiger partial charge >= 0.3 is 0 Å². The lowest BCUT2D eigenvalue weighted by molar-refractivity contribution is 0.177. The van der Waals surface area contributed by atoms with Crippen molar-refractivity contribution in [2.45, 2.75) is 19.4 Å². The van der Waals surface area contributed by atoms with Gasteiger partial charge in [-0.3, -0.25) is 0 Å². The van der Waals surface area contributed by atoms with E-state index in [1.165, 1.54) is 11.1 Å². The number of fused-ring (bicyclic) bond motifs is 1. The van der Waals surface area contributed by atoms with Crippen LogP contribution in [0.2, 0.25) is 0 Å². The Balaban J connectivity index is 1.96. The highest BCUT2D eigenvalue weighted by Crippen LogP contribution is 2.34. The third-order valence-electron chi connectivity index (χ3n) is 4.22. The van der Waals surface area contributed by atoms with Crippen molar-refractivity contribution >= 4 is 26.7 Å². The largest absolute Gasteiger partial charge is 0.497 e. The third-order valence-corrected chi connectivity index (χ3v) is 5.11. The Bertz CT molecular complexity index is 842. The second kappa shape index (κ2) is 6.73. The molecule has 1 unspecified atom stereocenters. The van der Waals surface area contributed by atoms with Crippen LogP contribution in [0.25, 0.3) is 10.8 Å². The number of rotatable bonds is 4.